The molecular weight excluding hydrogens is 355 g/mol. The van der Waals surface area contributed by atoms with Crippen molar-refractivity contribution in [2.75, 3.05) is 5.75 Å². The lowest BCUT2D eigenvalue weighted by Gasteiger charge is -2.32. The van der Waals surface area contributed by atoms with Gasteiger partial charge in [0.1, 0.15) is 0 Å². The maximum absolute atomic E-state index is 12.7. The number of rotatable bonds is 3. The van der Waals surface area contributed by atoms with Crippen LogP contribution < -0.4 is 0 Å². The van der Waals surface area contributed by atoms with Crippen LogP contribution in [0.2, 0.25) is 0 Å². The van der Waals surface area contributed by atoms with Gasteiger partial charge in [-0.1, -0.05) is 42.5 Å². The van der Waals surface area contributed by atoms with Crippen LogP contribution in [0.4, 0.5) is 0 Å². The maximum Gasteiger partial charge on any atom is 0.491 e. The Labute approximate surface area is 166 Å². The summed E-state index contributed by atoms with van der Waals surface area (Å²) in [6.45, 7) is 8.14. The molecule has 0 unspecified atom stereocenters. The number of hydrogen-bond donors (Lipinski definition) is 1. The van der Waals surface area contributed by atoms with E-state index in [0.717, 1.165) is 33.3 Å². The van der Waals surface area contributed by atoms with Crippen LogP contribution in [0, 0.1) is 0 Å². The van der Waals surface area contributed by atoms with E-state index in [4.69, 9.17) is 9.31 Å². The van der Waals surface area contributed by atoms with E-state index in [1.54, 1.807) is 0 Å². The first-order valence-corrected chi connectivity index (χ1v) is 9.82. The van der Waals surface area contributed by atoms with Crippen molar-refractivity contribution in [3.63, 3.8) is 0 Å². The summed E-state index contributed by atoms with van der Waals surface area (Å²) in [6, 6.07) is 13.8. The fourth-order valence-corrected chi connectivity index (χ4v) is 3.77. The van der Waals surface area contributed by atoms with E-state index < -0.39 is 18.3 Å². The fourth-order valence-electron chi connectivity index (χ4n) is 3.53. The molecule has 1 aliphatic carbocycles. The highest BCUT2D eigenvalue weighted by Crippen LogP contribution is 2.40. The number of ketones is 1. The second-order valence-corrected chi connectivity index (χ2v) is 8.46. The van der Waals surface area contributed by atoms with Crippen LogP contribution in [-0.4, -0.2) is 29.9 Å². The smallest absolute Gasteiger partial charge is 0.400 e. The van der Waals surface area contributed by atoms with Gasteiger partial charge in [0.25, 0.3) is 0 Å². The molecule has 1 aliphatic heterocycles. The zero-order chi connectivity index (χ0) is 19.4. The summed E-state index contributed by atoms with van der Waals surface area (Å²) in [4.78, 5) is 12.7. The molecule has 0 spiro atoms. The second kappa shape index (κ2) is 6.37. The third kappa shape index (κ3) is 2.98. The summed E-state index contributed by atoms with van der Waals surface area (Å²) in [5.74, 6) is 0.598. The largest absolute Gasteiger partial charge is 0.491 e. The molecular formula is C22H23BO3S. The van der Waals surface area contributed by atoms with Crippen molar-refractivity contribution in [3.8, 4) is 11.1 Å². The Morgan fingerprint density at radius 3 is 2.19 bits per heavy atom. The maximum atomic E-state index is 12.7. The Morgan fingerprint density at radius 2 is 1.56 bits per heavy atom. The van der Waals surface area contributed by atoms with Gasteiger partial charge in [-0.05, 0) is 55.9 Å². The van der Waals surface area contributed by atoms with E-state index in [1.807, 2.05) is 76.2 Å². The van der Waals surface area contributed by atoms with Crippen LogP contribution in [0.5, 0.6) is 0 Å². The number of carbonyl (C=O) groups is 1. The van der Waals surface area contributed by atoms with Gasteiger partial charge in [0.15, 0.2) is 5.78 Å². The molecule has 1 saturated heterocycles. The third-order valence-corrected chi connectivity index (χ3v) is 6.21. The second-order valence-electron chi connectivity index (χ2n) is 8.15. The summed E-state index contributed by atoms with van der Waals surface area (Å²) >= 11 is 4.48. The number of benzene rings is 2. The van der Waals surface area contributed by atoms with Crippen LogP contribution in [0.1, 0.15) is 49.2 Å². The minimum atomic E-state index is -0.436. The molecule has 3 nitrogen and oxygen atoms in total. The summed E-state index contributed by atoms with van der Waals surface area (Å²) in [5.41, 5.74) is 4.63. The van der Waals surface area contributed by atoms with Gasteiger partial charge in [-0.15, -0.1) is 0 Å². The van der Waals surface area contributed by atoms with Crippen molar-refractivity contribution in [1.29, 1.82) is 0 Å². The Morgan fingerprint density at radius 1 is 0.963 bits per heavy atom. The molecule has 0 saturated carbocycles. The molecule has 4 rings (SSSR count). The van der Waals surface area contributed by atoms with Crippen molar-refractivity contribution < 1.29 is 14.1 Å². The monoisotopic (exact) mass is 378 g/mol. The molecule has 1 fully saturated rings. The Bertz CT molecular complexity index is 946. The summed E-state index contributed by atoms with van der Waals surface area (Å²) in [6.07, 6.45) is 2.02. The molecule has 1 heterocycles. The highest BCUT2D eigenvalue weighted by Gasteiger charge is 2.52. The lowest BCUT2D eigenvalue weighted by molar-refractivity contribution is 0.00578. The molecule has 138 valence electrons. The predicted molar refractivity (Wildman–Crippen MR) is 113 cm³/mol. The minimum Gasteiger partial charge on any atom is -0.400 e. The predicted octanol–water partition coefficient (Wildman–Crippen LogP) is 4.84. The quantitative estimate of drug-likeness (QED) is 0.523. The lowest BCUT2D eigenvalue weighted by Crippen LogP contribution is -2.41. The number of hydrogen-bond acceptors (Lipinski definition) is 4. The van der Waals surface area contributed by atoms with Crippen molar-refractivity contribution >= 4 is 31.6 Å². The van der Waals surface area contributed by atoms with E-state index in [-0.39, 0.29) is 5.78 Å². The molecule has 2 aromatic rings. The Kier molecular flexibility index (Phi) is 4.37. The lowest BCUT2D eigenvalue weighted by atomic mass is 9.78. The van der Waals surface area contributed by atoms with Crippen LogP contribution in [0.25, 0.3) is 17.2 Å². The van der Waals surface area contributed by atoms with Crippen molar-refractivity contribution in [2.45, 2.75) is 38.9 Å². The first-order valence-electron chi connectivity index (χ1n) is 9.18. The molecule has 5 heteroatoms. The molecule has 2 aliphatic rings. The van der Waals surface area contributed by atoms with Crippen LogP contribution in [0.15, 0.2) is 47.9 Å². The van der Waals surface area contributed by atoms with Gasteiger partial charge in [-0.3, -0.25) is 4.79 Å². The summed E-state index contributed by atoms with van der Waals surface area (Å²) in [7, 11) is -0.436. The normalized spacial score (nSPS) is 20.0. The van der Waals surface area contributed by atoms with Crippen LogP contribution in [0.3, 0.4) is 0 Å². The van der Waals surface area contributed by atoms with E-state index in [0.29, 0.717) is 5.75 Å². The highest BCUT2D eigenvalue weighted by atomic mass is 32.1. The van der Waals surface area contributed by atoms with Gasteiger partial charge in [-0.2, -0.15) is 12.6 Å². The molecule has 0 aromatic heterocycles. The van der Waals surface area contributed by atoms with Gasteiger partial charge < -0.3 is 9.31 Å². The van der Waals surface area contributed by atoms with Gasteiger partial charge in [0.2, 0.25) is 0 Å². The molecule has 2 aromatic carbocycles. The van der Waals surface area contributed by atoms with Crippen molar-refractivity contribution in [1.82, 2.24) is 0 Å². The minimum absolute atomic E-state index is 0.0823. The standard InChI is InChI=1S/C22H23BO3S/c1-21(2)22(3,4)26-23(25-21)15(13-27)11-14-9-10-17-16-7-5-6-8-18(16)20(24)19(17)12-14/h5-12,27H,13H2,1-4H3. The van der Waals surface area contributed by atoms with Crippen LogP contribution >= 0.6 is 12.6 Å². The average Bonchev–Trinajstić information content (AvgIpc) is 3.03. The Balaban J connectivity index is 1.68. The van der Waals surface area contributed by atoms with E-state index >= 15 is 0 Å². The molecule has 0 atom stereocenters. The van der Waals surface area contributed by atoms with E-state index in [9.17, 15) is 4.79 Å². The zero-order valence-corrected chi connectivity index (χ0v) is 17.0. The Hall–Kier alpha value is -1.82. The van der Waals surface area contributed by atoms with Gasteiger partial charge in [0.05, 0.1) is 11.2 Å². The van der Waals surface area contributed by atoms with Crippen molar-refractivity contribution in [2.24, 2.45) is 0 Å². The average molecular weight is 378 g/mol. The topological polar surface area (TPSA) is 35.5 Å². The van der Waals surface area contributed by atoms with Gasteiger partial charge >= 0.3 is 7.12 Å². The first-order chi connectivity index (χ1) is 12.7. The van der Waals surface area contributed by atoms with Gasteiger partial charge in [-0.25, -0.2) is 0 Å². The highest BCUT2D eigenvalue weighted by molar-refractivity contribution is 7.80. The molecule has 0 radical (unpaired) electrons. The number of fused-ring (bicyclic) bond motifs is 3. The van der Waals surface area contributed by atoms with E-state index in [1.165, 1.54) is 0 Å². The first kappa shape index (κ1) is 18.5. The van der Waals surface area contributed by atoms with Gasteiger partial charge in [0, 0.05) is 16.9 Å². The summed E-state index contributed by atoms with van der Waals surface area (Å²) < 4.78 is 12.3. The number of thiol groups is 1. The molecule has 0 N–H and O–H groups in total. The van der Waals surface area contributed by atoms with E-state index in [2.05, 4.69) is 12.6 Å². The third-order valence-electron chi connectivity index (χ3n) is 5.84. The fraction of sp³-hybridized carbons (Fsp3) is 0.318. The number of carbonyl (C=O) groups excluding carboxylic acids is 1. The summed E-state index contributed by atoms with van der Waals surface area (Å²) in [5, 5.41) is 0. The molecule has 0 amide bonds. The van der Waals surface area contributed by atoms with Crippen molar-refractivity contribution in [3.05, 3.63) is 64.6 Å². The van der Waals surface area contributed by atoms with Crippen LogP contribution in [-0.2, 0) is 9.31 Å². The molecule has 27 heavy (non-hydrogen) atoms. The molecule has 0 bridgehead atoms. The zero-order valence-electron chi connectivity index (χ0n) is 16.1. The SMILES string of the molecule is CC1(C)OB(C(=Cc2ccc3c(c2)C(=O)c2ccccc2-3)CS)OC1(C)C.